The molecule has 0 radical (unpaired) electrons. The van der Waals surface area contributed by atoms with E-state index in [-0.39, 0.29) is 23.3 Å². The molecule has 1 atom stereocenters. The van der Waals surface area contributed by atoms with Crippen LogP contribution in [0.3, 0.4) is 0 Å². The first-order valence-electron chi connectivity index (χ1n) is 8.20. The number of piperidine rings is 1. The van der Waals surface area contributed by atoms with Gasteiger partial charge in [-0.25, -0.2) is 0 Å². The lowest BCUT2D eigenvalue weighted by Crippen LogP contribution is -2.54. The van der Waals surface area contributed by atoms with Gasteiger partial charge in [0, 0.05) is 38.7 Å². The number of aromatic nitrogens is 2. The monoisotopic (exact) mass is 328 g/mol. The van der Waals surface area contributed by atoms with Crippen LogP contribution in [0.4, 0.5) is 0 Å². The molecule has 126 valence electrons. The van der Waals surface area contributed by atoms with E-state index < -0.39 is 0 Å². The summed E-state index contributed by atoms with van der Waals surface area (Å²) in [5, 5.41) is 7.43. The molecule has 0 saturated carbocycles. The van der Waals surface area contributed by atoms with E-state index in [1.165, 1.54) is 6.26 Å². The fraction of sp³-hybridized carbons (Fsp3) is 0.471. The Balaban J connectivity index is 1.52. The maximum atomic E-state index is 12.4. The lowest BCUT2D eigenvalue weighted by atomic mass is 9.75. The molecule has 0 aromatic carbocycles. The second-order valence-electron chi connectivity index (χ2n) is 6.68. The largest absolute Gasteiger partial charge is 0.459 e. The molecule has 0 aliphatic carbocycles. The van der Waals surface area contributed by atoms with Crippen LogP contribution in [0.15, 0.2) is 35.2 Å². The van der Waals surface area contributed by atoms with Crippen LogP contribution < -0.4 is 5.32 Å². The number of nitrogens with zero attached hydrogens (tertiary/aromatic N) is 3. The van der Waals surface area contributed by atoms with Crippen molar-refractivity contribution >= 4 is 11.8 Å². The van der Waals surface area contributed by atoms with Gasteiger partial charge in [-0.15, -0.1) is 0 Å². The molecule has 24 heavy (non-hydrogen) atoms. The summed E-state index contributed by atoms with van der Waals surface area (Å²) in [5.74, 6) is 0.469. The Kier molecular flexibility index (Phi) is 3.44. The quantitative estimate of drug-likeness (QED) is 0.901. The maximum absolute atomic E-state index is 12.4. The van der Waals surface area contributed by atoms with Gasteiger partial charge < -0.3 is 14.6 Å². The molecule has 2 amide bonds. The van der Waals surface area contributed by atoms with E-state index in [1.54, 1.807) is 21.7 Å². The van der Waals surface area contributed by atoms with Crippen LogP contribution in [0.1, 0.15) is 41.3 Å². The minimum atomic E-state index is -0.278. The molecule has 7 nitrogen and oxygen atoms in total. The Morgan fingerprint density at radius 1 is 1.42 bits per heavy atom. The zero-order valence-corrected chi connectivity index (χ0v) is 13.6. The summed E-state index contributed by atoms with van der Waals surface area (Å²) in [6, 6.07) is 3.40. The molecule has 7 heteroatoms. The fourth-order valence-corrected chi connectivity index (χ4v) is 3.99. The van der Waals surface area contributed by atoms with Crippen LogP contribution in [-0.2, 0) is 11.8 Å². The minimum absolute atomic E-state index is 0.0784. The molecule has 2 fully saturated rings. The minimum Gasteiger partial charge on any atom is -0.459 e. The zero-order valence-electron chi connectivity index (χ0n) is 13.6. The summed E-state index contributed by atoms with van der Waals surface area (Å²) in [6.45, 7) is 1.22. The molecule has 0 bridgehead atoms. The summed E-state index contributed by atoms with van der Waals surface area (Å²) >= 11 is 0. The number of aryl methyl sites for hydroxylation is 1. The summed E-state index contributed by atoms with van der Waals surface area (Å²) in [4.78, 5) is 26.3. The first kappa shape index (κ1) is 15.0. The highest BCUT2D eigenvalue weighted by atomic mass is 16.3. The Morgan fingerprint density at radius 3 is 2.83 bits per heavy atom. The number of furan rings is 1. The predicted octanol–water partition coefficient (Wildman–Crippen LogP) is 1.29. The van der Waals surface area contributed by atoms with Gasteiger partial charge in [0.15, 0.2) is 5.76 Å². The molecule has 2 aliphatic heterocycles. The van der Waals surface area contributed by atoms with E-state index in [4.69, 9.17) is 4.42 Å². The summed E-state index contributed by atoms with van der Waals surface area (Å²) in [6.07, 6.45) is 7.29. The van der Waals surface area contributed by atoms with Gasteiger partial charge >= 0.3 is 0 Å². The van der Waals surface area contributed by atoms with Gasteiger partial charge in [-0.05, 0) is 30.5 Å². The molecule has 1 spiro atoms. The molecule has 4 heterocycles. The fourth-order valence-electron chi connectivity index (χ4n) is 3.99. The molecular weight excluding hydrogens is 308 g/mol. The van der Waals surface area contributed by atoms with Crippen molar-refractivity contribution in [1.82, 2.24) is 20.0 Å². The van der Waals surface area contributed by atoms with E-state index >= 15 is 0 Å². The molecule has 0 unspecified atom stereocenters. The average Bonchev–Trinajstić information content (AvgIpc) is 3.28. The number of likely N-dealkylation sites (tertiary alicyclic amines) is 1. The van der Waals surface area contributed by atoms with Gasteiger partial charge in [0.1, 0.15) is 0 Å². The van der Waals surface area contributed by atoms with Gasteiger partial charge in [-0.3, -0.25) is 14.3 Å². The van der Waals surface area contributed by atoms with Crippen molar-refractivity contribution in [2.24, 2.45) is 7.05 Å². The highest BCUT2D eigenvalue weighted by Crippen LogP contribution is 2.43. The predicted molar refractivity (Wildman–Crippen MR) is 85.3 cm³/mol. The normalized spacial score (nSPS) is 22.8. The third kappa shape index (κ3) is 2.40. The number of hydrogen-bond donors (Lipinski definition) is 1. The Hall–Kier alpha value is -2.57. The first-order chi connectivity index (χ1) is 11.6. The van der Waals surface area contributed by atoms with Crippen LogP contribution in [0, 0.1) is 0 Å². The van der Waals surface area contributed by atoms with Crippen LogP contribution in [-0.4, -0.2) is 45.1 Å². The number of hydrogen-bond acceptors (Lipinski definition) is 4. The van der Waals surface area contributed by atoms with Crippen LogP contribution in [0.5, 0.6) is 0 Å². The number of rotatable bonds is 2. The molecule has 1 N–H and O–H groups in total. The lowest BCUT2D eigenvalue weighted by Gasteiger charge is -2.42. The van der Waals surface area contributed by atoms with Gasteiger partial charge in [-0.1, -0.05) is 0 Å². The summed E-state index contributed by atoms with van der Waals surface area (Å²) in [7, 11) is 1.88. The van der Waals surface area contributed by atoms with Crippen molar-refractivity contribution in [3.8, 4) is 0 Å². The van der Waals surface area contributed by atoms with Gasteiger partial charge in [0.25, 0.3) is 5.91 Å². The van der Waals surface area contributed by atoms with E-state index in [1.807, 2.05) is 19.4 Å². The van der Waals surface area contributed by atoms with Crippen molar-refractivity contribution in [2.45, 2.75) is 30.7 Å². The number of nitrogens with one attached hydrogen (secondary N) is 1. The number of amides is 2. The number of carbonyl (C=O) groups is 2. The SMILES string of the molecule is Cn1cc([C@@H]2CC(=O)NC23CCN(C(=O)c2ccco2)CC3)cn1. The molecule has 2 saturated heterocycles. The Bertz CT molecular complexity index is 757. The van der Waals surface area contributed by atoms with Crippen LogP contribution in [0.25, 0.3) is 0 Å². The topological polar surface area (TPSA) is 80.4 Å². The van der Waals surface area contributed by atoms with Crippen molar-refractivity contribution in [2.75, 3.05) is 13.1 Å². The second kappa shape index (κ2) is 5.51. The molecule has 2 aliphatic rings. The first-order valence-corrected chi connectivity index (χ1v) is 8.20. The van der Waals surface area contributed by atoms with E-state index in [9.17, 15) is 9.59 Å². The standard InChI is InChI=1S/C17H20N4O3/c1-20-11-12(10-18-20)13-9-15(22)19-17(13)4-6-21(7-5-17)16(23)14-3-2-8-24-14/h2-3,8,10-11,13H,4-7,9H2,1H3,(H,19,22)/t13-/m0/s1. The van der Waals surface area contributed by atoms with Crippen molar-refractivity contribution in [1.29, 1.82) is 0 Å². The van der Waals surface area contributed by atoms with Crippen molar-refractivity contribution in [3.63, 3.8) is 0 Å². The molecule has 4 rings (SSSR count). The number of carbonyl (C=O) groups excluding carboxylic acids is 2. The maximum Gasteiger partial charge on any atom is 0.289 e. The van der Waals surface area contributed by atoms with E-state index in [0.717, 1.165) is 18.4 Å². The Labute approximate surface area is 139 Å². The average molecular weight is 328 g/mol. The van der Waals surface area contributed by atoms with Gasteiger partial charge in [0.2, 0.25) is 5.91 Å². The van der Waals surface area contributed by atoms with E-state index in [0.29, 0.717) is 25.3 Å². The third-order valence-electron chi connectivity index (χ3n) is 5.25. The van der Waals surface area contributed by atoms with Gasteiger partial charge in [-0.2, -0.15) is 5.10 Å². The molecule has 2 aromatic rings. The van der Waals surface area contributed by atoms with Gasteiger partial charge in [0.05, 0.1) is 18.0 Å². The zero-order chi connectivity index (χ0) is 16.7. The van der Waals surface area contributed by atoms with Crippen LogP contribution in [0.2, 0.25) is 0 Å². The summed E-state index contributed by atoms with van der Waals surface area (Å²) in [5.41, 5.74) is 0.807. The Morgan fingerprint density at radius 2 is 2.21 bits per heavy atom. The van der Waals surface area contributed by atoms with Crippen LogP contribution >= 0.6 is 0 Å². The highest BCUT2D eigenvalue weighted by Gasteiger charge is 2.49. The highest BCUT2D eigenvalue weighted by molar-refractivity contribution is 5.91. The van der Waals surface area contributed by atoms with Crippen molar-refractivity contribution in [3.05, 3.63) is 42.1 Å². The smallest absolute Gasteiger partial charge is 0.289 e. The van der Waals surface area contributed by atoms with Crippen molar-refractivity contribution < 1.29 is 14.0 Å². The molecular formula is C17H20N4O3. The second-order valence-corrected chi connectivity index (χ2v) is 6.68. The molecule has 2 aromatic heterocycles. The lowest BCUT2D eigenvalue weighted by molar-refractivity contribution is -0.120. The third-order valence-corrected chi connectivity index (χ3v) is 5.25. The summed E-state index contributed by atoms with van der Waals surface area (Å²) < 4.78 is 6.97. The van der Waals surface area contributed by atoms with E-state index in [2.05, 4.69) is 10.4 Å².